The molecule has 2 aliphatic rings. The molecule has 0 bridgehead atoms. The highest BCUT2D eigenvalue weighted by molar-refractivity contribution is 5.96. The largest absolute Gasteiger partial charge is 0.345 e. The van der Waals surface area contributed by atoms with E-state index in [1.807, 2.05) is 0 Å². The number of rotatable bonds is 0. The van der Waals surface area contributed by atoms with E-state index >= 15 is 0 Å². The van der Waals surface area contributed by atoms with E-state index in [4.69, 9.17) is 0 Å². The zero-order valence-electron chi connectivity index (χ0n) is 11.9. The Labute approximate surface area is 114 Å². The Morgan fingerprint density at radius 2 is 2.05 bits per heavy atom. The van der Waals surface area contributed by atoms with Crippen molar-refractivity contribution >= 4 is 16.5 Å². The van der Waals surface area contributed by atoms with Crippen molar-refractivity contribution in [3.05, 3.63) is 41.6 Å². The summed E-state index contributed by atoms with van der Waals surface area (Å²) in [5.74, 6) is 0.647. The molecule has 2 nitrogen and oxygen atoms in total. The van der Waals surface area contributed by atoms with Gasteiger partial charge in [0.05, 0.1) is 11.6 Å². The molecule has 2 heteroatoms. The van der Waals surface area contributed by atoms with Gasteiger partial charge in [-0.25, -0.2) is 0 Å². The van der Waals surface area contributed by atoms with Gasteiger partial charge in [0.25, 0.3) is 0 Å². The second-order valence-electron chi connectivity index (χ2n) is 6.22. The van der Waals surface area contributed by atoms with Crippen LogP contribution in [0.4, 0.5) is 0 Å². The molecule has 0 fully saturated rings. The van der Waals surface area contributed by atoms with Gasteiger partial charge in [-0.05, 0) is 31.0 Å². The van der Waals surface area contributed by atoms with Crippen LogP contribution in [-0.4, -0.2) is 29.1 Å². The minimum absolute atomic E-state index is 0.543. The minimum Gasteiger partial charge on any atom is -0.345 e. The van der Waals surface area contributed by atoms with Crippen LogP contribution in [0.3, 0.4) is 0 Å². The lowest BCUT2D eigenvalue weighted by Crippen LogP contribution is -2.43. The summed E-state index contributed by atoms with van der Waals surface area (Å²) in [5, 5.41) is 1.41. The van der Waals surface area contributed by atoms with E-state index in [2.05, 4.69) is 60.8 Å². The maximum Gasteiger partial charge on any atom is 0.0560 e. The number of hydrogen-bond acceptors (Lipinski definition) is 1. The number of hydrogen-bond donors (Lipinski definition) is 0. The average Bonchev–Trinajstić information content (AvgIpc) is 2.70. The fourth-order valence-electron chi connectivity index (χ4n) is 3.90. The monoisotopic (exact) mass is 252 g/mol. The molecule has 4 rings (SSSR count). The van der Waals surface area contributed by atoms with Crippen molar-refractivity contribution in [1.29, 1.82) is 0 Å². The second-order valence-corrected chi connectivity index (χ2v) is 6.22. The minimum atomic E-state index is 0.543. The summed E-state index contributed by atoms with van der Waals surface area (Å²) in [4.78, 5) is 2.51. The van der Waals surface area contributed by atoms with Gasteiger partial charge in [0, 0.05) is 30.2 Å². The van der Waals surface area contributed by atoms with Crippen LogP contribution in [0.1, 0.15) is 18.1 Å². The Hall–Kier alpha value is -1.54. The summed E-state index contributed by atoms with van der Waals surface area (Å²) >= 11 is 0. The molecule has 19 heavy (non-hydrogen) atoms. The first kappa shape index (κ1) is 11.3. The molecule has 1 aromatic carbocycles. The number of nitrogens with zero attached hydrogens (tertiary/aromatic N) is 2. The van der Waals surface area contributed by atoms with Crippen LogP contribution in [-0.2, 0) is 6.54 Å². The molecule has 0 N–H and O–H groups in total. The zero-order valence-corrected chi connectivity index (χ0v) is 11.9. The lowest BCUT2D eigenvalue weighted by atomic mass is 9.86. The fraction of sp³-hybridized carbons (Fsp3) is 0.412. The van der Waals surface area contributed by atoms with Crippen LogP contribution in [0.15, 0.2) is 30.5 Å². The second kappa shape index (κ2) is 3.73. The van der Waals surface area contributed by atoms with Crippen LogP contribution < -0.4 is 0 Å². The normalized spacial score (nSPS) is 26.4. The first-order valence-corrected chi connectivity index (χ1v) is 7.16. The summed E-state index contributed by atoms with van der Waals surface area (Å²) in [6, 6.07) is 7.29. The molecule has 0 spiro atoms. The van der Waals surface area contributed by atoms with Crippen LogP contribution in [0.5, 0.6) is 0 Å². The van der Waals surface area contributed by atoms with Gasteiger partial charge in [-0.15, -0.1) is 0 Å². The van der Waals surface area contributed by atoms with Gasteiger partial charge in [0.15, 0.2) is 0 Å². The molecular formula is C17H20N2. The Morgan fingerprint density at radius 1 is 1.21 bits per heavy atom. The highest BCUT2D eigenvalue weighted by Crippen LogP contribution is 2.39. The Bertz CT molecular complexity index is 693. The Kier molecular flexibility index (Phi) is 2.22. The quantitative estimate of drug-likeness (QED) is 0.698. The SMILES string of the molecule is Cc1cn2c3c(cccc13)C1=C[C@@H](C)CN(C)C1C2. The van der Waals surface area contributed by atoms with Gasteiger partial charge in [-0.1, -0.05) is 31.2 Å². The molecule has 1 unspecified atom stereocenters. The first-order chi connectivity index (χ1) is 9.15. The predicted molar refractivity (Wildman–Crippen MR) is 80.2 cm³/mol. The molecule has 0 radical (unpaired) electrons. The van der Waals surface area contributed by atoms with Crippen LogP contribution >= 0.6 is 0 Å². The van der Waals surface area contributed by atoms with Crippen molar-refractivity contribution in [2.75, 3.05) is 13.6 Å². The zero-order chi connectivity index (χ0) is 13.1. The number of fused-ring (bicyclic) bond motifs is 2. The molecule has 0 saturated heterocycles. The molecule has 0 saturated carbocycles. The number of para-hydroxylation sites is 1. The van der Waals surface area contributed by atoms with Gasteiger partial charge in [0.2, 0.25) is 0 Å². The smallest absolute Gasteiger partial charge is 0.0560 e. The van der Waals surface area contributed by atoms with Gasteiger partial charge in [0.1, 0.15) is 0 Å². The molecule has 98 valence electrons. The maximum atomic E-state index is 2.51. The van der Waals surface area contributed by atoms with E-state index in [-0.39, 0.29) is 0 Å². The number of aromatic nitrogens is 1. The first-order valence-electron chi connectivity index (χ1n) is 7.16. The van der Waals surface area contributed by atoms with Gasteiger partial charge in [-0.2, -0.15) is 0 Å². The van der Waals surface area contributed by atoms with E-state index in [1.165, 1.54) is 34.1 Å². The van der Waals surface area contributed by atoms with Crippen molar-refractivity contribution in [2.24, 2.45) is 5.92 Å². The van der Waals surface area contributed by atoms with Gasteiger partial charge >= 0.3 is 0 Å². The summed E-state index contributed by atoms with van der Waals surface area (Å²) in [6.07, 6.45) is 4.81. The number of benzene rings is 1. The summed E-state index contributed by atoms with van der Waals surface area (Å²) in [5.41, 5.74) is 5.81. The summed E-state index contributed by atoms with van der Waals surface area (Å²) in [7, 11) is 2.26. The van der Waals surface area contributed by atoms with E-state index in [1.54, 1.807) is 0 Å². The number of aryl methyl sites for hydroxylation is 1. The standard InChI is InChI=1S/C17H20N2/c1-11-7-15-14-6-4-5-13-12(2)9-19(17(13)14)10-16(15)18(3)8-11/h4-7,9,11,16H,8,10H2,1-3H3/t11-,16?/m1/s1. The molecular weight excluding hydrogens is 232 g/mol. The predicted octanol–water partition coefficient (Wildman–Crippen LogP) is 3.30. The highest BCUT2D eigenvalue weighted by atomic mass is 15.2. The topological polar surface area (TPSA) is 8.17 Å². The number of likely N-dealkylation sites (N-methyl/N-ethyl adjacent to an activating group) is 1. The fourth-order valence-corrected chi connectivity index (χ4v) is 3.90. The van der Waals surface area contributed by atoms with Crippen molar-refractivity contribution < 1.29 is 0 Å². The van der Waals surface area contributed by atoms with Crippen molar-refractivity contribution in [2.45, 2.75) is 26.4 Å². The Morgan fingerprint density at radius 3 is 2.89 bits per heavy atom. The molecule has 2 aliphatic heterocycles. The van der Waals surface area contributed by atoms with Crippen molar-refractivity contribution in [3.63, 3.8) is 0 Å². The van der Waals surface area contributed by atoms with E-state index in [0.717, 1.165) is 6.54 Å². The third-order valence-electron chi connectivity index (χ3n) is 4.71. The average molecular weight is 252 g/mol. The molecule has 0 amide bonds. The summed E-state index contributed by atoms with van der Waals surface area (Å²) < 4.78 is 2.45. The van der Waals surface area contributed by atoms with Gasteiger partial charge in [-0.3, -0.25) is 4.90 Å². The lowest BCUT2D eigenvalue weighted by Gasteiger charge is -2.39. The van der Waals surface area contributed by atoms with Crippen LogP contribution in [0.2, 0.25) is 0 Å². The van der Waals surface area contributed by atoms with Crippen molar-refractivity contribution in [3.8, 4) is 0 Å². The molecule has 3 heterocycles. The molecule has 2 atom stereocenters. The molecule has 2 aromatic rings. The van der Waals surface area contributed by atoms with Crippen LogP contribution in [0.25, 0.3) is 16.5 Å². The van der Waals surface area contributed by atoms with E-state index in [0.29, 0.717) is 12.0 Å². The van der Waals surface area contributed by atoms with Gasteiger partial charge < -0.3 is 4.57 Å². The lowest BCUT2D eigenvalue weighted by molar-refractivity contribution is 0.234. The molecule has 0 aliphatic carbocycles. The third-order valence-corrected chi connectivity index (χ3v) is 4.71. The van der Waals surface area contributed by atoms with E-state index in [9.17, 15) is 0 Å². The highest BCUT2D eigenvalue weighted by Gasteiger charge is 2.32. The van der Waals surface area contributed by atoms with Crippen molar-refractivity contribution in [1.82, 2.24) is 9.47 Å². The maximum absolute atomic E-state index is 2.51. The molecule has 1 aromatic heterocycles. The Balaban J connectivity index is 2.04. The third kappa shape index (κ3) is 1.47. The van der Waals surface area contributed by atoms with E-state index < -0.39 is 0 Å². The summed E-state index contributed by atoms with van der Waals surface area (Å²) in [6.45, 7) is 6.80. The van der Waals surface area contributed by atoms with Crippen LogP contribution in [0, 0.1) is 12.8 Å².